The van der Waals surface area contributed by atoms with E-state index in [1.807, 2.05) is 55.5 Å². The van der Waals surface area contributed by atoms with Gasteiger partial charge >= 0.3 is 5.97 Å². The molecule has 172 valence electrons. The predicted molar refractivity (Wildman–Crippen MR) is 127 cm³/mol. The first-order valence-electron chi connectivity index (χ1n) is 11.0. The number of para-hydroxylation sites is 2. The minimum Gasteiger partial charge on any atom is -0.490 e. The SMILES string of the molecule is C[C@@H](CCc1ccccc1)NC(=O)COC(=O)c1ccccc1OCCOc1ccccc1. The molecule has 0 radical (unpaired) electrons. The summed E-state index contributed by atoms with van der Waals surface area (Å²) in [6.45, 7) is 2.18. The second-order valence-corrected chi connectivity index (χ2v) is 7.58. The number of rotatable bonds is 12. The van der Waals surface area contributed by atoms with Crippen molar-refractivity contribution in [2.24, 2.45) is 0 Å². The Bertz CT molecular complexity index is 1010. The van der Waals surface area contributed by atoms with Crippen molar-refractivity contribution in [1.82, 2.24) is 5.32 Å². The second-order valence-electron chi connectivity index (χ2n) is 7.58. The first-order chi connectivity index (χ1) is 16.1. The van der Waals surface area contributed by atoms with Crippen LogP contribution in [0.2, 0.25) is 0 Å². The fourth-order valence-corrected chi connectivity index (χ4v) is 3.21. The van der Waals surface area contributed by atoms with Crippen LogP contribution >= 0.6 is 0 Å². The lowest BCUT2D eigenvalue weighted by Crippen LogP contribution is -2.36. The number of carbonyl (C=O) groups excluding carboxylic acids is 2. The first kappa shape index (κ1) is 23.9. The molecule has 0 aliphatic rings. The molecule has 0 fully saturated rings. The van der Waals surface area contributed by atoms with Crippen LogP contribution in [0.15, 0.2) is 84.9 Å². The van der Waals surface area contributed by atoms with Gasteiger partial charge in [0.1, 0.15) is 30.3 Å². The van der Waals surface area contributed by atoms with E-state index in [-0.39, 0.29) is 30.7 Å². The van der Waals surface area contributed by atoms with Gasteiger partial charge in [-0.1, -0.05) is 60.7 Å². The average molecular weight is 448 g/mol. The van der Waals surface area contributed by atoms with Gasteiger partial charge in [0.25, 0.3) is 5.91 Å². The summed E-state index contributed by atoms with van der Waals surface area (Å²) in [6, 6.07) is 26.3. The van der Waals surface area contributed by atoms with Gasteiger partial charge in [0.05, 0.1) is 0 Å². The Morgan fingerprint density at radius 1 is 0.818 bits per heavy atom. The highest BCUT2D eigenvalue weighted by molar-refractivity contribution is 5.94. The van der Waals surface area contributed by atoms with Gasteiger partial charge in [-0.15, -0.1) is 0 Å². The van der Waals surface area contributed by atoms with E-state index < -0.39 is 5.97 Å². The quantitative estimate of drug-likeness (QED) is 0.328. The number of nitrogens with one attached hydrogen (secondary N) is 1. The minimum absolute atomic E-state index is 0.0309. The Morgan fingerprint density at radius 2 is 1.45 bits per heavy atom. The largest absolute Gasteiger partial charge is 0.490 e. The van der Waals surface area contributed by atoms with Gasteiger partial charge in [0, 0.05) is 6.04 Å². The summed E-state index contributed by atoms with van der Waals surface area (Å²) in [6.07, 6.45) is 1.66. The van der Waals surface area contributed by atoms with E-state index >= 15 is 0 Å². The molecule has 3 rings (SSSR count). The molecule has 0 heterocycles. The van der Waals surface area contributed by atoms with Gasteiger partial charge in [-0.05, 0) is 49.6 Å². The Balaban J connectivity index is 1.40. The van der Waals surface area contributed by atoms with Crippen molar-refractivity contribution in [3.8, 4) is 11.5 Å². The molecule has 3 aromatic carbocycles. The van der Waals surface area contributed by atoms with Crippen molar-refractivity contribution >= 4 is 11.9 Å². The lowest BCUT2D eigenvalue weighted by molar-refractivity contribution is -0.124. The van der Waals surface area contributed by atoms with Crippen LogP contribution in [0, 0.1) is 0 Å². The number of hydrogen-bond acceptors (Lipinski definition) is 5. The maximum atomic E-state index is 12.5. The molecule has 0 unspecified atom stereocenters. The molecule has 6 heteroatoms. The van der Waals surface area contributed by atoms with Gasteiger partial charge in [-0.3, -0.25) is 4.79 Å². The Hall–Kier alpha value is -3.80. The summed E-state index contributed by atoms with van der Waals surface area (Å²) in [5.74, 6) is 0.189. The number of esters is 1. The van der Waals surface area contributed by atoms with E-state index in [1.165, 1.54) is 5.56 Å². The van der Waals surface area contributed by atoms with Crippen molar-refractivity contribution in [3.63, 3.8) is 0 Å². The number of hydrogen-bond donors (Lipinski definition) is 1. The van der Waals surface area contributed by atoms with Crippen molar-refractivity contribution < 1.29 is 23.8 Å². The second kappa shape index (κ2) is 12.9. The van der Waals surface area contributed by atoms with E-state index in [4.69, 9.17) is 14.2 Å². The summed E-state index contributed by atoms with van der Waals surface area (Å²) < 4.78 is 16.5. The highest BCUT2D eigenvalue weighted by Crippen LogP contribution is 2.19. The van der Waals surface area contributed by atoms with Gasteiger partial charge in [0.2, 0.25) is 0 Å². The number of benzene rings is 3. The van der Waals surface area contributed by atoms with Crippen LogP contribution < -0.4 is 14.8 Å². The van der Waals surface area contributed by atoms with Crippen LogP contribution in [0.5, 0.6) is 11.5 Å². The molecule has 1 atom stereocenters. The molecular formula is C27H29NO5. The third-order valence-corrected chi connectivity index (χ3v) is 4.91. The van der Waals surface area contributed by atoms with E-state index in [1.54, 1.807) is 24.3 Å². The van der Waals surface area contributed by atoms with Crippen molar-refractivity contribution in [1.29, 1.82) is 0 Å². The smallest absolute Gasteiger partial charge is 0.342 e. The predicted octanol–water partition coefficient (Wildman–Crippen LogP) is 4.44. The Kier molecular flexibility index (Phi) is 9.33. The van der Waals surface area contributed by atoms with Gasteiger partial charge in [-0.2, -0.15) is 0 Å². The maximum Gasteiger partial charge on any atom is 0.342 e. The van der Waals surface area contributed by atoms with Crippen molar-refractivity contribution in [2.75, 3.05) is 19.8 Å². The Morgan fingerprint density at radius 3 is 2.21 bits per heavy atom. The van der Waals surface area contributed by atoms with Gasteiger partial charge < -0.3 is 19.5 Å². The topological polar surface area (TPSA) is 73.9 Å². The van der Waals surface area contributed by atoms with Crippen LogP contribution in [-0.4, -0.2) is 37.7 Å². The number of carbonyl (C=O) groups is 2. The molecule has 0 aliphatic heterocycles. The molecule has 0 saturated heterocycles. The van der Waals surface area contributed by atoms with E-state index in [9.17, 15) is 9.59 Å². The zero-order chi connectivity index (χ0) is 23.3. The zero-order valence-corrected chi connectivity index (χ0v) is 18.7. The summed E-state index contributed by atoms with van der Waals surface area (Å²) in [5, 5.41) is 2.87. The highest BCUT2D eigenvalue weighted by Gasteiger charge is 2.16. The molecule has 0 spiro atoms. The molecule has 0 aliphatic carbocycles. The van der Waals surface area contributed by atoms with Crippen molar-refractivity contribution in [3.05, 3.63) is 96.1 Å². The van der Waals surface area contributed by atoms with Crippen LogP contribution in [0.25, 0.3) is 0 Å². The van der Waals surface area contributed by atoms with E-state index in [2.05, 4.69) is 17.4 Å². The van der Waals surface area contributed by atoms with Gasteiger partial charge in [-0.25, -0.2) is 4.79 Å². The van der Waals surface area contributed by atoms with Gasteiger partial charge in [0.15, 0.2) is 6.61 Å². The molecule has 33 heavy (non-hydrogen) atoms. The highest BCUT2D eigenvalue weighted by atomic mass is 16.5. The number of aryl methyl sites for hydroxylation is 1. The monoisotopic (exact) mass is 447 g/mol. The van der Waals surface area contributed by atoms with Crippen LogP contribution in [-0.2, 0) is 16.0 Å². The lowest BCUT2D eigenvalue weighted by atomic mass is 10.1. The molecular weight excluding hydrogens is 418 g/mol. The third-order valence-electron chi connectivity index (χ3n) is 4.91. The lowest BCUT2D eigenvalue weighted by Gasteiger charge is -2.15. The average Bonchev–Trinajstić information content (AvgIpc) is 2.85. The fraction of sp³-hybridized carbons (Fsp3) is 0.259. The normalized spacial score (nSPS) is 11.3. The van der Waals surface area contributed by atoms with E-state index in [0.717, 1.165) is 18.6 Å². The summed E-state index contributed by atoms with van der Waals surface area (Å²) in [4.78, 5) is 24.7. The minimum atomic E-state index is -0.610. The first-order valence-corrected chi connectivity index (χ1v) is 11.0. The standard InChI is InChI=1S/C27H29NO5/c1-21(16-17-22-10-4-2-5-11-22)28-26(29)20-33-27(30)24-14-8-9-15-25(24)32-19-18-31-23-12-6-3-7-13-23/h2-15,21H,16-20H2,1H3,(H,28,29)/t21-/m0/s1. The van der Waals surface area contributed by atoms with Crippen molar-refractivity contribution in [2.45, 2.75) is 25.8 Å². The summed E-state index contributed by atoms with van der Waals surface area (Å²) in [7, 11) is 0. The third kappa shape index (κ3) is 8.33. The van der Waals surface area contributed by atoms with E-state index in [0.29, 0.717) is 12.4 Å². The van der Waals surface area contributed by atoms with Crippen LogP contribution in [0.4, 0.5) is 0 Å². The molecule has 0 aromatic heterocycles. The molecule has 0 saturated carbocycles. The molecule has 6 nitrogen and oxygen atoms in total. The fourth-order valence-electron chi connectivity index (χ4n) is 3.21. The maximum absolute atomic E-state index is 12.5. The molecule has 0 bridgehead atoms. The number of ether oxygens (including phenoxy) is 3. The Labute approximate surface area is 194 Å². The van der Waals surface area contributed by atoms with Crippen LogP contribution in [0.3, 0.4) is 0 Å². The molecule has 1 N–H and O–H groups in total. The number of amides is 1. The zero-order valence-electron chi connectivity index (χ0n) is 18.7. The molecule has 3 aromatic rings. The molecule has 1 amide bonds. The summed E-state index contributed by atoms with van der Waals surface area (Å²) >= 11 is 0. The summed E-state index contributed by atoms with van der Waals surface area (Å²) in [5.41, 5.74) is 1.48. The van der Waals surface area contributed by atoms with Crippen LogP contribution in [0.1, 0.15) is 29.3 Å².